The molecule has 0 aromatic carbocycles. The maximum Gasteiger partial charge on any atom is 0.326 e. The van der Waals surface area contributed by atoms with Gasteiger partial charge in [-0.25, -0.2) is 9.78 Å². The van der Waals surface area contributed by atoms with Crippen LogP contribution in [0.25, 0.3) is 0 Å². The monoisotopic (exact) mass is 380 g/mol. The van der Waals surface area contributed by atoms with Gasteiger partial charge in [-0.2, -0.15) is 0 Å². The fraction of sp³-hybridized carbons (Fsp3) is 0.562. The highest BCUT2D eigenvalue weighted by Gasteiger charge is 2.38. The molecule has 3 amide bonds. The van der Waals surface area contributed by atoms with Gasteiger partial charge in [-0.05, 0) is 19.8 Å². The largest absolute Gasteiger partial charge is 0.480 e. The maximum absolute atomic E-state index is 12.9. The fourth-order valence-electron chi connectivity index (χ4n) is 2.97. The molecule has 2 heterocycles. The highest BCUT2D eigenvalue weighted by molar-refractivity contribution is 5.93. The van der Waals surface area contributed by atoms with E-state index < -0.39 is 41.8 Å². The van der Waals surface area contributed by atoms with Crippen LogP contribution in [-0.2, 0) is 25.6 Å². The number of rotatable bonds is 8. The van der Waals surface area contributed by atoms with Gasteiger partial charge in [0.2, 0.25) is 17.7 Å². The van der Waals surface area contributed by atoms with E-state index in [2.05, 4.69) is 20.6 Å². The summed E-state index contributed by atoms with van der Waals surface area (Å²) >= 11 is 0. The molecule has 11 nitrogen and oxygen atoms in total. The molecule has 0 aliphatic carbocycles. The standard InChI is InChI=1S/C16H24N6O5/c1-9(20-13(23)6-17)14(24)21-11(5-10-7-18-8-19-10)15(25)22-4-2-3-12(22)16(26)27/h7-9,11-12H,2-6,17H2,1H3,(H,18,19)(H,20,23)(H,21,24)(H,26,27)/t9-,11-,12-/m0/s1. The Labute approximate surface area is 155 Å². The number of nitrogens with two attached hydrogens (primary N) is 1. The number of aromatic nitrogens is 2. The maximum atomic E-state index is 12.9. The average molecular weight is 380 g/mol. The number of carboxylic acids is 1. The number of likely N-dealkylation sites (tertiary alicyclic amines) is 1. The van der Waals surface area contributed by atoms with Gasteiger partial charge in [0.25, 0.3) is 0 Å². The Bertz CT molecular complexity index is 691. The number of imidazole rings is 1. The van der Waals surface area contributed by atoms with E-state index in [4.69, 9.17) is 5.73 Å². The molecule has 3 atom stereocenters. The number of H-pyrrole nitrogens is 1. The Morgan fingerprint density at radius 3 is 2.74 bits per heavy atom. The van der Waals surface area contributed by atoms with Gasteiger partial charge in [0.05, 0.1) is 12.9 Å². The molecule has 1 aliphatic rings. The zero-order chi connectivity index (χ0) is 20.0. The zero-order valence-corrected chi connectivity index (χ0v) is 15.0. The van der Waals surface area contributed by atoms with Gasteiger partial charge in [0.15, 0.2) is 0 Å². The third kappa shape index (κ3) is 5.26. The van der Waals surface area contributed by atoms with Gasteiger partial charge in [0.1, 0.15) is 18.1 Å². The van der Waals surface area contributed by atoms with Crippen molar-refractivity contribution in [1.29, 1.82) is 0 Å². The van der Waals surface area contributed by atoms with E-state index in [0.717, 1.165) is 0 Å². The average Bonchev–Trinajstić information content (AvgIpc) is 3.31. The summed E-state index contributed by atoms with van der Waals surface area (Å²) in [6, 6.07) is -2.80. The zero-order valence-electron chi connectivity index (χ0n) is 15.0. The molecular formula is C16H24N6O5. The number of carbonyl (C=O) groups excluding carboxylic acids is 3. The molecule has 1 aliphatic heterocycles. The van der Waals surface area contributed by atoms with Crippen molar-refractivity contribution in [3.63, 3.8) is 0 Å². The summed E-state index contributed by atoms with van der Waals surface area (Å²) < 4.78 is 0. The second-order valence-corrected chi connectivity index (χ2v) is 6.36. The molecule has 0 unspecified atom stereocenters. The van der Waals surface area contributed by atoms with Crippen LogP contribution in [0.1, 0.15) is 25.5 Å². The summed E-state index contributed by atoms with van der Waals surface area (Å²) in [5, 5.41) is 14.3. The first-order valence-corrected chi connectivity index (χ1v) is 8.63. The van der Waals surface area contributed by atoms with Gasteiger partial charge in [0, 0.05) is 24.9 Å². The molecule has 27 heavy (non-hydrogen) atoms. The highest BCUT2D eigenvalue weighted by atomic mass is 16.4. The topological polar surface area (TPSA) is 171 Å². The summed E-state index contributed by atoms with van der Waals surface area (Å²) in [6.07, 6.45) is 4.03. The van der Waals surface area contributed by atoms with Crippen molar-refractivity contribution in [1.82, 2.24) is 25.5 Å². The van der Waals surface area contributed by atoms with Crippen LogP contribution >= 0.6 is 0 Å². The molecular weight excluding hydrogens is 356 g/mol. The van der Waals surface area contributed by atoms with Crippen LogP contribution in [0.5, 0.6) is 0 Å². The number of carbonyl (C=O) groups is 4. The summed E-state index contributed by atoms with van der Waals surface area (Å²) in [7, 11) is 0. The van der Waals surface area contributed by atoms with Crippen molar-refractivity contribution in [2.75, 3.05) is 13.1 Å². The third-order valence-corrected chi connectivity index (χ3v) is 4.37. The van der Waals surface area contributed by atoms with Crippen LogP contribution in [0.3, 0.4) is 0 Å². The number of hydrogen-bond acceptors (Lipinski definition) is 6. The van der Waals surface area contributed by atoms with Crippen LogP contribution in [0.2, 0.25) is 0 Å². The summed E-state index contributed by atoms with van der Waals surface area (Å²) in [5.41, 5.74) is 5.83. The van der Waals surface area contributed by atoms with Crippen molar-refractivity contribution in [3.8, 4) is 0 Å². The predicted molar refractivity (Wildman–Crippen MR) is 93.3 cm³/mol. The molecule has 1 saturated heterocycles. The van der Waals surface area contributed by atoms with Gasteiger partial charge in [-0.1, -0.05) is 0 Å². The molecule has 0 radical (unpaired) electrons. The second-order valence-electron chi connectivity index (χ2n) is 6.36. The van der Waals surface area contributed by atoms with Crippen molar-refractivity contribution in [3.05, 3.63) is 18.2 Å². The lowest BCUT2D eigenvalue weighted by molar-refractivity contribution is -0.149. The van der Waals surface area contributed by atoms with Gasteiger partial charge >= 0.3 is 5.97 Å². The first-order valence-electron chi connectivity index (χ1n) is 8.63. The minimum absolute atomic E-state index is 0.116. The van der Waals surface area contributed by atoms with Crippen molar-refractivity contribution in [2.45, 2.75) is 44.3 Å². The number of aliphatic carboxylic acids is 1. The molecule has 2 rings (SSSR count). The van der Waals surface area contributed by atoms with Crippen molar-refractivity contribution >= 4 is 23.7 Å². The lowest BCUT2D eigenvalue weighted by atomic mass is 10.1. The summed E-state index contributed by atoms with van der Waals surface area (Å²) in [5.74, 6) is -2.63. The van der Waals surface area contributed by atoms with E-state index in [0.29, 0.717) is 25.1 Å². The minimum Gasteiger partial charge on any atom is -0.480 e. The second kappa shape index (κ2) is 9.12. The predicted octanol–water partition coefficient (Wildman–Crippen LogP) is -2.02. The van der Waals surface area contributed by atoms with Crippen molar-refractivity contribution < 1.29 is 24.3 Å². The van der Waals surface area contributed by atoms with Crippen LogP contribution in [0.15, 0.2) is 12.5 Å². The van der Waals surface area contributed by atoms with Gasteiger partial charge in [-0.15, -0.1) is 0 Å². The molecule has 0 bridgehead atoms. The normalized spacial score (nSPS) is 18.6. The molecule has 1 aromatic heterocycles. The number of aromatic amines is 1. The molecule has 148 valence electrons. The smallest absolute Gasteiger partial charge is 0.326 e. The first kappa shape index (κ1) is 20.4. The highest BCUT2D eigenvalue weighted by Crippen LogP contribution is 2.19. The van der Waals surface area contributed by atoms with Gasteiger partial charge in [-0.3, -0.25) is 14.4 Å². The number of carboxylic acid groups (broad SMARTS) is 1. The van der Waals surface area contributed by atoms with Crippen LogP contribution in [0.4, 0.5) is 0 Å². The Kier molecular flexibility index (Phi) is 6.88. The van der Waals surface area contributed by atoms with E-state index in [-0.39, 0.29) is 13.0 Å². The molecule has 11 heteroatoms. The molecule has 1 aromatic rings. The lowest BCUT2D eigenvalue weighted by Crippen LogP contribution is -2.56. The third-order valence-electron chi connectivity index (χ3n) is 4.37. The summed E-state index contributed by atoms with van der Waals surface area (Å²) in [6.45, 7) is 1.52. The number of amides is 3. The lowest BCUT2D eigenvalue weighted by Gasteiger charge is -2.28. The number of hydrogen-bond donors (Lipinski definition) is 5. The number of nitrogens with one attached hydrogen (secondary N) is 3. The Morgan fingerprint density at radius 1 is 1.41 bits per heavy atom. The minimum atomic E-state index is -1.07. The van der Waals surface area contributed by atoms with Crippen LogP contribution < -0.4 is 16.4 Å². The van der Waals surface area contributed by atoms with Crippen LogP contribution in [-0.4, -0.2) is 74.9 Å². The molecule has 6 N–H and O–H groups in total. The summed E-state index contributed by atoms with van der Waals surface area (Å²) in [4.78, 5) is 56.1. The van der Waals surface area contributed by atoms with E-state index in [9.17, 15) is 24.3 Å². The Hall–Kier alpha value is -2.95. The van der Waals surface area contributed by atoms with E-state index in [1.165, 1.54) is 24.3 Å². The first-order chi connectivity index (χ1) is 12.8. The Morgan fingerprint density at radius 2 is 2.15 bits per heavy atom. The fourth-order valence-corrected chi connectivity index (χ4v) is 2.97. The SMILES string of the molecule is C[C@H](NC(=O)CN)C(=O)N[C@@H](Cc1cnc[nH]1)C(=O)N1CCC[C@H]1C(=O)O. The quantitative estimate of drug-likeness (QED) is 0.346. The molecule has 0 saturated carbocycles. The van der Waals surface area contributed by atoms with E-state index >= 15 is 0 Å². The van der Waals surface area contributed by atoms with E-state index in [1.807, 2.05) is 0 Å². The van der Waals surface area contributed by atoms with E-state index in [1.54, 1.807) is 0 Å². The van der Waals surface area contributed by atoms with Crippen molar-refractivity contribution in [2.24, 2.45) is 5.73 Å². The van der Waals surface area contributed by atoms with Crippen LogP contribution in [0, 0.1) is 0 Å². The Balaban J connectivity index is 2.13. The molecule has 1 fully saturated rings. The molecule has 0 spiro atoms. The number of nitrogens with zero attached hydrogens (tertiary/aromatic N) is 2. The van der Waals surface area contributed by atoms with Gasteiger partial charge < -0.3 is 31.4 Å².